The highest BCUT2D eigenvalue weighted by Gasteiger charge is 2.46. The van der Waals surface area contributed by atoms with Crippen LogP contribution in [0.15, 0.2) is 297 Å². The third-order valence-corrected chi connectivity index (χ3v) is 18.9. The molecule has 0 unspecified atom stereocenters. The van der Waals surface area contributed by atoms with Crippen LogP contribution < -0.4 is 26.2 Å². The summed E-state index contributed by atoms with van der Waals surface area (Å²) in [6.07, 6.45) is 0. The Morgan fingerprint density at radius 3 is 0.967 bits per heavy atom. The minimum absolute atomic E-state index is 0.209. The van der Waals surface area contributed by atoms with Crippen molar-refractivity contribution >= 4 is 80.4 Å². The van der Waals surface area contributed by atoms with Crippen molar-refractivity contribution in [3.63, 3.8) is 0 Å². The van der Waals surface area contributed by atoms with Crippen molar-refractivity contribution in [2.24, 2.45) is 0 Å². The summed E-state index contributed by atoms with van der Waals surface area (Å²) in [6.45, 7) is 13.8. The van der Waals surface area contributed by atoms with Crippen LogP contribution >= 0.6 is 23.2 Å². The quantitative estimate of drug-likeness (QED) is 0.126. The van der Waals surface area contributed by atoms with Gasteiger partial charge in [0.15, 0.2) is 0 Å². The van der Waals surface area contributed by atoms with Gasteiger partial charge in [-0.15, -0.1) is 0 Å². The van der Waals surface area contributed by atoms with Crippen molar-refractivity contribution in [3.8, 4) is 89.0 Å². The summed E-state index contributed by atoms with van der Waals surface area (Å²) >= 11 is 14.9. The van der Waals surface area contributed by atoms with Crippen LogP contribution in [0.25, 0.3) is 89.0 Å². The van der Waals surface area contributed by atoms with Crippen molar-refractivity contribution in [2.75, 3.05) is 9.80 Å². The average molecular weight is 1210 g/mol. The van der Waals surface area contributed by atoms with E-state index in [0.717, 1.165) is 112 Å². The lowest BCUT2D eigenvalue weighted by molar-refractivity contribution is 0.590. The second-order valence-electron chi connectivity index (χ2n) is 26.3. The Morgan fingerprint density at radius 2 is 0.549 bits per heavy atom. The van der Waals surface area contributed by atoms with E-state index < -0.39 is 0 Å². The van der Waals surface area contributed by atoms with Gasteiger partial charge in [0.1, 0.15) is 0 Å². The molecule has 0 amide bonds. The molecule has 0 saturated heterocycles. The first kappa shape index (κ1) is 57.5. The topological polar surface area (TPSA) is 6.48 Å². The number of hydrogen-bond acceptors (Lipinski definition) is 2. The van der Waals surface area contributed by atoms with Gasteiger partial charge in [-0.1, -0.05) is 289 Å². The zero-order valence-electron chi connectivity index (χ0n) is 52.0. The summed E-state index contributed by atoms with van der Waals surface area (Å²) in [7, 11) is 0. The number of rotatable bonds is 10. The zero-order valence-corrected chi connectivity index (χ0v) is 53.5. The standard InChI is InChI=1S/C86H67BCl2N2/c1-85(2,3)68-50-74(59-30-17-10-18-31-59)84(75(51-68)67-39-22-37-65(49-67)63-35-20-33-61(47-63)57-26-13-8-14-27-57)91-79-55-71(89)43-45-77(79)87-76-44-42-70(88)54-78(76)90(80-52-69(86(4,5)6)53-81(91)82(80)87)83-72(58-28-15-9-16-29-58)40-23-41-73(83)66-38-21-36-64(48-66)62-34-19-32-60(46-62)56-24-11-7-12-25-56/h7-55H,1-6H3. The fourth-order valence-corrected chi connectivity index (χ4v) is 14.2. The third kappa shape index (κ3) is 10.7. The van der Waals surface area contributed by atoms with Crippen LogP contribution in [0.3, 0.4) is 0 Å². The smallest absolute Gasteiger partial charge is 0.252 e. The Morgan fingerprint density at radius 1 is 0.253 bits per heavy atom. The molecule has 0 spiro atoms. The second-order valence-corrected chi connectivity index (χ2v) is 27.2. The van der Waals surface area contributed by atoms with Gasteiger partial charge in [-0.05, 0) is 178 Å². The van der Waals surface area contributed by atoms with E-state index in [1.54, 1.807) is 0 Å². The molecule has 0 aliphatic carbocycles. The lowest BCUT2D eigenvalue weighted by atomic mass is 9.33. The highest BCUT2D eigenvalue weighted by atomic mass is 35.5. The summed E-state index contributed by atoms with van der Waals surface area (Å²) in [5.41, 5.74) is 30.1. The summed E-state index contributed by atoms with van der Waals surface area (Å²) in [5.74, 6) is 0. The van der Waals surface area contributed by atoms with E-state index in [-0.39, 0.29) is 17.5 Å². The first-order chi connectivity index (χ1) is 44.2. The summed E-state index contributed by atoms with van der Waals surface area (Å²) in [6, 6.07) is 109. The van der Waals surface area contributed by atoms with Crippen molar-refractivity contribution < 1.29 is 0 Å². The molecule has 5 heteroatoms. The molecule has 0 saturated carbocycles. The molecule has 0 bridgehead atoms. The summed E-state index contributed by atoms with van der Waals surface area (Å²) in [4.78, 5) is 5.16. The van der Waals surface area contributed by atoms with Crippen molar-refractivity contribution in [2.45, 2.75) is 52.4 Å². The predicted molar refractivity (Wildman–Crippen MR) is 391 cm³/mol. The molecular weight excluding hydrogens is 1140 g/mol. The number of fused-ring (bicyclic) bond motifs is 4. The van der Waals surface area contributed by atoms with Gasteiger partial charge in [-0.25, -0.2) is 0 Å². The maximum absolute atomic E-state index is 7.45. The van der Waals surface area contributed by atoms with Gasteiger partial charge in [0.2, 0.25) is 0 Å². The maximum atomic E-state index is 7.45. The fourth-order valence-electron chi connectivity index (χ4n) is 13.8. The molecule has 2 nitrogen and oxygen atoms in total. The number of hydrogen-bond donors (Lipinski definition) is 0. The van der Waals surface area contributed by atoms with Crippen molar-refractivity contribution in [1.82, 2.24) is 0 Å². The van der Waals surface area contributed by atoms with Crippen molar-refractivity contribution in [3.05, 3.63) is 318 Å². The molecule has 13 aromatic rings. The lowest BCUT2D eigenvalue weighted by Crippen LogP contribution is -2.61. The highest BCUT2D eigenvalue weighted by molar-refractivity contribution is 7.00. The molecule has 438 valence electrons. The van der Waals surface area contributed by atoms with E-state index in [1.165, 1.54) is 38.8 Å². The van der Waals surface area contributed by atoms with Gasteiger partial charge in [-0.2, -0.15) is 0 Å². The predicted octanol–water partition coefficient (Wildman–Crippen LogP) is 23.0. The van der Waals surface area contributed by atoms with Gasteiger partial charge in [0, 0.05) is 55.0 Å². The van der Waals surface area contributed by atoms with Crippen LogP contribution in [0.1, 0.15) is 52.7 Å². The molecule has 15 rings (SSSR count). The lowest BCUT2D eigenvalue weighted by Gasteiger charge is -2.46. The van der Waals surface area contributed by atoms with Gasteiger partial charge < -0.3 is 9.80 Å². The van der Waals surface area contributed by atoms with Gasteiger partial charge >= 0.3 is 0 Å². The van der Waals surface area contributed by atoms with Gasteiger partial charge in [0.05, 0.1) is 11.4 Å². The third-order valence-electron chi connectivity index (χ3n) is 18.4. The van der Waals surface area contributed by atoms with Crippen LogP contribution in [-0.4, -0.2) is 6.71 Å². The number of nitrogens with zero attached hydrogens (tertiary/aromatic N) is 2. The minimum atomic E-state index is -0.310. The molecule has 2 heterocycles. The zero-order chi connectivity index (χ0) is 62.1. The van der Waals surface area contributed by atoms with E-state index in [2.05, 4.69) is 349 Å². The Kier molecular flexibility index (Phi) is 14.6. The van der Waals surface area contributed by atoms with Crippen LogP contribution in [0.5, 0.6) is 0 Å². The molecule has 0 atom stereocenters. The Bertz CT molecular complexity index is 4930. The molecule has 0 N–H and O–H groups in total. The molecule has 2 aliphatic rings. The van der Waals surface area contributed by atoms with E-state index in [0.29, 0.717) is 10.0 Å². The Balaban J connectivity index is 1.03. The minimum Gasteiger partial charge on any atom is -0.310 e. The molecule has 91 heavy (non-hydrogen) atoms. The van der Waals surface area contributed by atoms with E-state index in [9.17, 15) is 0 Å². The van der Waals surface area contributed by atoms with Crippen LogP contribution in [0.2, 0.25) is 10.0 Å². The first-order valence-corrected chi connectivity index (χ1v) is 32.3. The molecule has 2 aliphatic heterocycles. The molecule has 0 fully saturated rings. The number of benzene rings is 13. The van der Waals surface area contributed by atoms with Crippen LogP contribution in [-0.2, 0) is 10.8 Å². The SMILES string of the molecule is CC(C)(C)c1cc(-c2ccccc2)c(N2c3cc(Cl)ccc3B3c4ccc(Cl)cc4N(c4c(-c5ccccc5)cccc4-c4cccc(-c5cccc(-c6ccccc6)c5)c4)c4cc(C(C)(C)C)cc2c43)c(-c2cccc(-c3cccc(-c4ccccc4)c3)c2)c1. The largest absolute Gasteiger partial charge is 0.310 e. The van der Waals surface area contributed by atoms with E-state index in [1.807, 2.05) is 0 Å². The normalized spacial score (nSPS) is 12.5. The number of anilines is 6. The maximum Gasteiger partial charge on any atom is 0.252 e. The van der Waals surface area contributed by atoms with E-state index in [4.69, 9.17) is 23.2 Å². The summed E-state index contributed by atoms with van der Waals surface area (Å²) in [5, 5.41) is 1.33. The van der Waals surface area contributed by atoms with Crippen LogP contribution in [0, 0.1) is 0 Å². The van der Waals surface area contributed by atoms with Crippen LogP contribution in [0.4, 0.5) is 34.1 Å². The number of para-hydroxylation sites is 1. The van der Waals surface area contributed by atoms with E-state index >= 15 is 0 Å². The monoisotopic (exact) mass is 1210 g/mol. The first-order valence-electron chi connectivity index (χ1n) is 31.5. The second kappa shape index (κ2) is 23.2. The molecule has 0 radical (unpaired) electrons. The van der Waals surface area contributed by atoms with Gasteiger partial charge in [-0.3, -0.25) is 0 Å². The molecule has 0 aromatic heterocycles. The Labute approximate surface area is 546 Å². The summed E-state index contributed by atoms with van der Waals surface area (Å²) < 4.78 is 0. The van der Waals surface area contributed by atoms with Gasteiger partial charge in [0.25, 0.3) is 6.71 Å². The number of halogens is 2. The molecule has 13 aromatic carbocycles. The molecular formula is C86H67BCl2N2. The van der Waals surface area contributed by atoms with Crippen molar-refractivity contribution in [1.29, 1.82) is 0 Å². The Hall–Kier alpha value is -9.90. The fraction of sp³-hybridized carbons (Fsp3) is 0.0930. The highest BCUT2D eigenvalue weighted by Crippen LogP contribution is 2.55. The average Bonchev–Trinajstić information content (AvgIpc) is 0.691.